The van der Waals surface area contributed by atoms with Crippen LogP contribution in [0.2, 0.25) is 0 Å². The van der Waals surface area contributed by atoms with E-state index < -0.39 is 5.82 Å². The molecule has 0 unspecified atom stereocenters. The van der Waals surface area contributed by atoms with E-state index in [4.69, 9.17) is 10.00 Å². The number of imidazole rings is 1. The van der Waals surface area contributed by atoms with Gasteiger partial charge in [-0.15, -0.1) is 0 Å². The Bertz CT molecular complexity index is 603. The third kappa shape index (κ3) is 2.15. The quantitative estimate of drug-likeness (QED) is 0.927. The number of nitriles is 1. The molecule has 1 N–H and O–H groups in total. The van der Waals surface area contributed by atoms with Gasteiger partial charge < -0.3 is 9.72 Å². The molecule has 1 aromatic heterocycles. The second kappa shape index (κ2) is 4.55. The number of nitrogens with one attached hydrogen (secondary N) is 1. The van der Waals surface area contributed by atoms with Crippen LogP contribution >= 0.6 is 15.9 Å². The van der Waals surface area contributed by atoms with E-state index >= 15 is 0 Å². The van der Waals surface area contributed by atoms with Crippen molar-refractivity contribution < 1.29 is 9.13 Å². The molecule has 0 saturated heterocycles. The molecule has 1 heterocycles. The standard InChI is InChI=1S/C11H7BrFN3O/c1-17-9-3-2-6(13)4-7(9)11-15-8(5-14)10(12)16-11/h2-4H,1H3,(H,15,16). The predicted molar refractivity (Wildman–Crippen MR) is 62.9 cm³/mol. The highest BCUT2D eigenvalue weighted by Crippen LogP contribution is 2.30. The van der Waals surface area contributed by atoms with Gasteiger partial charge in [-0.25, -0.2) is 9.37 Å². The molecule has 6 heteroatoms. The van der Waals surface area contributed by atoms with Crippen LogP contribution in [-0.2, 0) is 0 Å². The zero-order valence-corrected chi connectivity index (χ0v) is 10.4. The smallest absolute Gasteiger partial charge is 0.173 e. The van der Waals surface area contributed by atoms with Crippen LogP contribution in [-0.4, -0.2) is 17.1 Å². The molecule has 0 radical (unpaired) electrons. The van der Waals surface area contributed by atoms with Crippen LogP contribution < -0.4 is 4.74 Å². The Morgan fingerprint density at radius 1 is 1.53 bits per heavy atom. The molecule has 17 heavy (non-hydrogen) atoms. The van der Waals surface area contributed by atoms with Gasteiger partial charge in [-0.1, -0.05) is 0 Å². The number of aromatic nitrogens is 2. The summed E-state index contributed by atoms with van der Waals surface area (Å²) in [6.45, 7) is 0. The SMILES string of the molecule is COc1ccc(F)cc1-c1nc(C#N)c(Br)[nH]1. The van der Waals surface area contributed by atoms with Crippen LogP contribution in [0.1, 0.15) is 5.69 Å². The number of benzene rings is 1. The van der Waals surface area contributed by atoms with Crippen LogP contribution in [0, 0.1) is 17.1 Å². The van der Waals surface area contributed by atoms with Gasteiger partial charge in [0.2, 0.25) is 0 Å². The number of nitrogens with zero attached hydrogens (tertiary/aromatic N) is 2. The summed E-state index contributed by atoms with van der Waals surface area (Å²) in [6.07, 6.45) is 0. The van der Waals surface area contributed by atoms with Crippen molar-refractivity contribution in [2.24, 2.45) is 0 Å². The fourth-order valence-electron chi connectivity index (χ4n) is 1.42. The van der Waals surface area contributed by atoms with Crippen molar-refractivity contribution >= 4 is 15.9 Å². The van der Waals surface area contributed by atoms with E-state index in [1.54, 1.807) is 0 Å². The Morgan fingerprint density at radius 3 is 2.88 bits per heavy atom. The normalized spacial score (nSPS) is 10.0. The van der Waals surface area contributed by atoms with Crippen molar-refractivity contribution in [2.45, 2.75) is 0 Å². The number of rotatable bonds is 2. The molecule has 0 spiro atoms. The second-order valence-corrected chi connectivity index (χ2v) is 4.00. The summed E-state index contributed by atoms with van der Waals surface area (Å²) in [5, 5.41) is 8.79. The molecule has 2 aromatic rings. The van der Waals surface area contributed by atoms with E-state index in [0.29, 0.717) is 21.7 Å². The molecule has 0 atom stereocenters. The molecule has 0 fully saturated rings. The summed E-state index contributed by atoms with van der Waals surface area (Å²) >= 11 is 3.16. The van der Waals surface area contributed by atoms with Crippen molar-refractivity contribution in [1.82, 2.24) is 9.97 Å². The van der Waals surface area contributed by atoms with Crippen LogP contribution in [0.15, 0.2) is 22.8 Å². The molecular formula is C11H7BrFN3O. The Balaban J connectivity index is 2.59. The first-order valence-corrected chi connectivity index (χ1v) is 5.44. The summed E-state index contributed by atoms with van der Waals surface area (Å²) in [5.74, 6) is 0.466. The minimum atomic E-state index is -0.396. The first-order chi connectivity index (χ1) is 8.15. The maximum absolute atomic E-state index is 13.2. The lowest BCUT2D eigenvalue weighted by atomic mass is 10.2. The van der Waals surface area contributed by atoms with E-state index in [2.05, 4.69) is 25.9 Å². The Morgan fingerprint density at radius 2 is 2.29 bits per heavy atom. The van der Waals surface area contributed by atoms with Gasteiger partial charge in [0, 0.05) is 0 Å². The topological polar surface area (TPSA) is 61.7 Å². The number of H-pyrrole nitrogens is 1. The Labute approximate surface area is 105 Å². The van der Waals surface area contributed by atoms with Crippen LogP contribution in [0.25, 0.3) is 11.4 Å². The van der Waals surface area contributed by atoms with E-state index in [1.165, 1.54) is 25.3 Å². The van der Waals surface area contributed by atoms with E-state index in [1.807, 2.05) is 6.07 Å². The summed E-state index contributed by atoms with van der Waals surface area (Å²) in [4.78, 5) is 6.89. The molecule has 4 nitrogen and oxygen atoms in total. The van der Waals surface area contributed by atoms with Crippen molar-refractivity contribution in [3.8, 4) is 23.2 Å². The van der Waals surface area contributed by atoms with Gasteiger partial charge in [0.1, 0.15) is 28.1 Å². The van der Waals surface area contributed by atoms with E-state index in [-0.39, 0.29) is 5.69 Å². The Hall–Kier alpha value is -1.87. The average Bonchev–Trinajstić information content (AvgIpc) is 2.70. The minimum absolute atomic E-state index is 0.214. The lowest BCUT2D eigenvalue weighted by Gasteiger charge is -2.05. The number of hydrogen-bond donors (Lipinski definition) is 1. The number of ether oxygens (including phenoxy) is 1. The van der Waals surface area contributed by atoms with E-state index in [9.17, 15) is 4.39 Å². The highest BCUT2D eigenvalue weighted by molar-refractivity contribution is 9.10. The second-order valence-electron chi connectivity index (χ2n) is 3.20. The maximum atomic E-state index is 13.2. The minimum Gasteiger partial charge on any atom is -0.496 e. The predicted octanol–water partition coefficient (Wildman–Crippen LogP) is 2.86. The van der Waals surface area contributed by atoms with Gasteiger partial charge in [-0.3, -0.25) is 0 Å². The molecule has 0 bridgehead atoms. The zero-order valence-electron chi connectivity index (χ0n) is 8.79. The average molecular weight is 296 g/mol. The van der Waals surface area contributed by atoms with Gasteiger partial charge in [-0.2, -0.15) is 5.26 Å². The largest absolute Gasteiger partial charge is 0.496 e. The van der Waals surface area contributed by atoms with Gasteiger partial charge in [0.25, 0.3) is 0 Å². The first kappa shape index (κ1) is 11.6. The first-order valence-electron chi connectivity index (χ1n) is 4.65. The van der Waals surface area contributed by atoms with Crippen molar-refractivity contribution in [2.75, 3.05) is 7.11 Å². The fourth-order valence-corrected chi connectivity index (χ4v) is 1.78. The molecular weight excluding hydrogens is 289 g/mol. The molecule has 0 aliphatic rings. The molecule has 0 amide bonds. The molecule has 2 rings (SSSR count). The third-order valence-electron chi connectivity index (χ3n) is 2.18. The number of methoxy groups -OCH3 is 1. The van der Waals surface area contributed by atoms with Gasteiger partial charge in [0.15, 0.2) is 5.69 Å². The van der Waals surface area contributed by atoms with Crippen molar-refractivity contribution in [1.29, 1.82) is 5.26 Å². The highest BCUT2D eigenvalue weighted by Gasteiger charge is 2.13. The van der Waals surface area contributed by atoms with Crippen LogP contribution in [0.3, 0.4) is 0 Å². The third-order valence-corrected chi connectivity index (χ3v) is 2.76. The van der Waals surface area contributed by atoms with Gasteiger partial charge >= 0.3 is 0 Å². The summed E-state index contributed by atoms with van der Waals surface area (Å²) in [5.41, 5.74) is 0.681. The summed E-state index contributed by atoms with van der Waals surface area (Å²) in [6, 6.07) is 6.01. The number of halogens is 2. The summed E-state index contributed by atoms with van der Waals surface area (Å²) < 4.78 is 18.8. The van der Waals surface area contributed by atoms with Gasteiger partial charge in [0.05, 0.1) is 12.7 Å². The van der Waals surface area contributed by atoms with Gasteiger partial charge in [-0.05, 0) is 34.1 Å². The lowest BCUT2D eigenvalue weighted by molar-refractivity contribution is 0.415. The zero-order chi connectivity index (χ0) is 12.4. The molecule has 86 valence electrons. The molecule has 0 saturated carbocycles. The Kier molecular flexibility index (Phi) is 3.11. The highest BCUT2D eigenvalue weighted by atomic mass is 79.9. The molecule has 1 aromatic carbocycles. The van der Waals surface area contributed by atoms with Crippen LogP contribution in [0.5, 0.6) is 5.75 Å². The number of aromatic amines is 1. The maximum Gasteiger partial charge on any atom is 0.173 e. The monoisotopic (exact) mass is 295 g/mol. The fraction of sp³-hybridized carbons (Fsp3) is 0.0909. The van der Waals surface area contributed by atoms with Crippen LogP contribution in [0.4, 0.5) is 4.39 Å². The van der Waals surface area contributed by atoms with Crippen molar-refractivity contribution in [3.63, 3.8) is 0 Å². The molecule has 0 aliphatic heterocycles. The summed E-state index contributed by atoms with van der Waals surface area (Å²) in [7, 11) is 1.49. The van der Waals surface area contributed by atoms with Crippen molar-refractivity contribution in [3.05, 3.63) is 34.3 Å². The van der Waals surface area contributed by atoms with E-state index in [0.717, 1.165) is 0 Å². The lowest BCUT2D eigenvalue weighted by Crippen LogP contribution is -1.90. The molecule has 0 aliphatic carbocycles. The number of hydrogen-bond acceptors (Lipinski definition) is 3.